The molecule has 1 aliphatic rings. The Balaban J connectivity index is 1.35. The number of carbonyl (C=O) groups excluding carboxylic acids is 1. The normalized spacial score (nSPS) is 15.5. The van der Waals surface area contributed by atoms with Gasteiger partial charge in [-0.15, -0.1) is 0 Å². The molecule has 0 saturated carbocycles. The van der Waals surface area contributed by atoms with Gasteiger partial charge in [0.1, 0.15) is 11.3 Å². The number of hydrogen-bond donors (Lipinski definition) is 0. The zero-order valence-electron chi connectivity index (χ0n) is 15.3. The molecule has 4 rings (SSSR count). The second-order valence-corrected chi connectivity index (χ2v) is 6.73. The molecule has 1 fully saturated rings. The Kier molecular flexibility index (Phi) is 4.92. The Labute approximate surface area is 158 Å². The maximum atomic E-state index is 12.5. The van der Waals surface area contributed by atoms with Crippen LogP contribution < -0.4 is 4.74 Å². The highest BCUT2D eigenvalue weighted by atomic mass is 16.5. The molecule has 2 heterocycles. The minimum absolute atomic E-state index is 0.0434. The predicted octanol–water partition coefficient (Wildman–Crippen LogP) is 4.26. The monoisotopic (exact) mass is 362 g/mol. The lowest BCUT2D eigenvalue weighted by Crippen LogP contribution is -2.36. The first-order chi connectivity index (χ1) is 13.2. The molecule has 0 spiro atoms. The fraction of sp³-hybridized carbons (Fsp3) is 0.273. The van der Waals surface area contributed by atoms with Gasteiger partial charge in [0.05, 0.1) is 7.11 Å². The summed E-state index contributed by atoms with van der Waals surface area (Å²) in [6, 6.07) is 15.5. The Morgan fingerprint density at radius 3 is 2.59 bits per heavy atom. The molecule has 138 valence electrons. The third kappa shape index (κ3) is 3.87. The van der Waals surface area contributed by atoms with Crippen molar-refractivity contribution in [3.05, 3.63) is 66.1 Å². The number of methoxy groups -OCH3 is 1. The minimum Gasteiger partial charge on any atom is -0.497 e. The number of amides is 1. The number of piperidine rings is 1. The van der Waals surface area contributed by atoms with E-state index >= 15 is 0 Å². The van der Waals surface area contributed by atoms with Crippen LogP contribution in [0.2, 0.25) is 0 Å². The van der Waals surface area contributed by atoms with Gasteiger partial charge < -0.3 is 14.1 Å². The summed E-state index contributed by atoms with van der Waals surface area (Å²) in [5.41, 5.74) is 2.70. The quantitative estimate of drug-likeness (QED) is 0.651. The van der Waals surface area contributed by atoms with Crippen LogP contribution in [0.3, 0.4) is 0 Å². The van der Waals surface area contributed by atoms with Crippen molar-refractivity contribution in [2.45, 2.75) is 18.8 Å². The number of benzene rings is 2. The molecule has 1 amide bonds. The first-order valence-corrected chi connectivity index (χ1v) is 9.19. The van der Waals surface area contributed by atoms with Gasteiger partial charge in [-0.3, -0.25) is 4.79 Å². The molecule has 5 nitrogen and oxygen atoms in total. The van der Waals surface area contributed by atoms with E-state index in [1.165, 1.54) is 0 Å². The predicted molar refractivity (Wildman–Crippen MR) is 105 cm³/mol. The van der Waals surface area contributed by atoms with E-state index in [0.717, 1.165) is 54.2 Å². The van der Waals surface area contributed by atoms with Crippen molar-refractivity contribution >= 4 is 23.1 Å². The number of ether oxygens (including phenoxy) is 1. The van der Waals surface area contributed by atoms with Crippen LogP contribution in [0, 0.1) is 0 Å². The summed E-state index contributed by atoms with van der Waals surface area (Å²) < 4.78 is 11.0. The van der Waals surface area contributed by atoms with Gasteiger partial charge in [0, 0.05) is 25.1 Å². The molecule has 1 aliphatic heterocycles. The van der Waals surface area contributed by atoms with E-state index in [1.807, 2.05) is 59.5 Å². The summed E-state index contributed by atoms with van der Waals surface area (Å²) in [7, 11) is 1.64. The lowest BCUT2D eigenvalue weighted by atomic mass is 9.96. The molecule has 0 aliphatic carbocycles. The molecule has 0 N–H and O–H groups in total. The number of nitrogens with zero attached hydrogens (tertiary/aromatic N) is 2. The van der Waals surface area contributed by atoms with E-state index in [2.05, 4.69) is 4.98 Å². The highest BCUT2D eigenvalue weighted by Crippen LogP contribution is 2.30. The standard InChI is InChI=1S/C22H22N2O3/c1-26-18-9-6-16(7-10-18)8-11-21(25)24-14-12-17(13-15-24)22-23-19-4-2-3-5-20(19)27-22/h2-11,17H,12-15H2,1H3/b11-8+. The largest absolute Gasteiger partial charge is 0.497 e. The molecule has 0 radical (unpaired) electrons. The van der Waals surface area contributed by atoms with E-state index in [-0.39, 0.29) is 11.8 Å². The average molecular weight is 362 g/mol. The fourth-order valence-corrected chi connectivity index (χ4v) is 3.40. The number of hydrogen-bond acceptors (Lipinski definition) is 4. The average Bonchev–Trinajstić information content (AvgIpc) is 3.17. The molecule has 3 aromatic rings. The second kappa shape index (κ2) is 7.66. The molecular formula is C22H22N2O3. The second-order valence-electron chi connectivity index (χ2n) is 6.73. The van der Waals surface area contributed by atoms with Gasteiger partial charge in [0.15, 0.2) is 11.5 Å². The van der Waals surface area contributed by atoms with Crippen molar-refractivity contribution in [1.82, 2.24) is 9.88 Å². The molecular weight excluding hydrogens is 340 g/mol. The number of fused-ring (bicyclic) bond motifs is 1. The van der Waals surface area contributed by atoms with E-state index in [0.29, 0.717) is 0 Å². The summed E-state index contributed by atoms with van der Waals surface area (Å²) in [6.07, 6.45) is 5.22. The zero-order chi connectivity index (χ0) is 18.6. The van der Waals surface area contributed by atoms with Crippen molar-refractivity contribution in [1.29, 1.82) is 0 Å². The van der Waals surface area contributed by atoms with E-state index < -0.39 is 0 Å². The minimum atomic E-state index is 0.0434. The van der Waals surface area contributed by atoms with Crippen LogP contribution >= 0.6 is 0 Å². The zero-order valence-corrected chi connectivity index (χ0v) is 15.3. The fourth-order valence-electron chi connectivity index (χ4n) is 3.40. The van der Waals surface area contributed by atoms with Crippen molar-refractivity contribution in [3.63, 3.8) is 0 Å². The van der Waals surface area contributed by atoms with E-state index in [4.69, 9.17) is 9.15 Å². The van der Waals surface area contributed by atoms with Crippen molar-refractivity contribution < 1.29 is 13.9 Å². The molecule has 1 aromatic heterocycles. The summed E-state index contributed by atoms with van der Waals surface area (Å²) in [4.78, 5) is 18.9. The third-order valence-electron chi connectivity index (χ3n) is 5.00. The molecule has 2 aromatic carbocycles. The SMILES string of the molecule is COc1ccc(/C=C/C(=O)N2CCC(c3nc4ccccc4o3)CC2)cc1. The Bertz CT molecular complexity index is 918. The van der Waals surface area contributed by atoms with Gasteiger partial charge in [-0.05, 0) is 48.7 Å². The first kappa shape index (κ1) is 17.3. The summed E-state index contributed by atoms with van der Waals surface area (Å²) in [5.74, 6) is 1.91. The lowest BCUT2D eigenvalue weighted by molar-refractivity contribution is -0.127. The Hall–Kier alpha value is -3.08. The lowest BCUT2D eigenvalue weighted by Gasteiger charge is -2.29. The molecule has 0 atom stereocenters. The summed E-state index contributed by atoms with van der Waals surface area (Å²) in [5, 5.41) is 0. The number of likely N-dealkylation sites (tertiary alicyclic amines) is 1. The van der Waals surface area contributed by atoms with Crippen LogP contribution in [0.15, 0.2) is 59.0 Å². The molecule has 0 bridgehead atoms. The van der Waals surface area contributed by atoms with Crippen molar-refractivity contribution in [2.24, 2.45) is 0 Å². The smallest absolute Gasteiger partial charge is 0.246 e. The molecule has 5 heteroatoms. The Morgan fingerprint density at radius 1 is 1.15 bits per heavy atom. The number of para-hydroxylation sites is 2. The van der Waals surface area contributed by atoms with Gasteiger partial charge in [0.2, 0.25) is 5.91 Å². The van der Waals surface area contributed by atoms with Crippen molar-refractivity contribution in [3.8, 4) is 5.75 Å². The van der Waals surface area contributed by atoms with Gasteiger partial charge in [-0.2, -0.15) is 0 Å². The van der Waals surface area contributed by atoms with Crippen LogP contribution in [0.4, 0.5) is 0 Å². The number of oxazole rings is 1. The van der Waals surface area contributed by atoms with Crippen molar-refractivity contribution in [2.75, 3.05) is 20.2 Å². The van der Waals surface area contributed by atoms with Gasteiger partial charge in [0.25, 0.3) is 0 Å². The first-order valence-electron chi connectivity index (χ1n) is 9.19. The van der Waals surface area contributed by atoms with Crippen LogP contribution in [0.25, 0.3) is 17.2 Å². The summed E-state index contributed by atoms with van der Waals surface area (Å²) >= 11 is 0. The number of rotatable bonds is 4. The van der Waals surface area contributed by atoms with Crippen LogP contribution in [-0.4, -0.2) is 36.0 Å². The van der Waals surface area contributed by atoms with E-state index in [1.54, 1.807) is 13.2 Å². The topological polar surface area (TPSA) is 55.6 Å². The van der Waals surface area contributed by atoms with Crippen LogP contribution in [-0.2, 0) is 4.79 Å². The van der Waals surface area contributed by atoms with Crippen LogP contribution in [0.5, 0.6) is 5.75 Å². The van der Waals surface area contributed by atoms with Gasteiger partial charge >= 0.3 is 0 Å². The Morgan fingerprint density at radius 2 is 1.89 bits per heavy atom. The highest BCUT2D eigenvalue weighted by molar-refractivity contribution is 5.91. The highest BCUT2D eigenvalue weighted by Gasteiger charge is 2.26. The molecule has 1 saturated heterocycles. The molecule has 0 unspecified atom stereocenters. The van der Waals surface area contributed by atoms with Gasteiger partial charge in [-0.25, -0.2) is 4.98 Å². The van der Waals surface area contributed by atoms with E-state index in [9.17, 15) is 4.79 Å². The maximum absolute atomic E-state index is 12.5. The number of carbonyl (C=O) groups is 1. The molecule has 27 heavy (non-hydrogen) atoms. The summed E-state index contributed by atoms with van der Waals surface area (Å²) in [6.45, 7) is 1.43. The van der Waals surface area contributed by atoms with Gasteiger partial charge in [-0.1, -0.05) is 24.3 Å². The third-order valence-corrected chi connectivity index (χ3v) is 5.00. The van der Waals surface area contributed by atoms with Crippen LogP contribution in [0.1, 0.15) is 30.2 Å². The number of aromatic nitrogens is 1. The maximum Gasteiger partial charge on any atom is 0.246 e.